The summed E-state index contributed by atoms with van der Waals surface area (Å²) < 4.78 is 30.5. The molecule has 0 spiro atoms. The van der Waals surface area contributed by atoms with Crippen LogP contribution < -0.4 is 0 Å². The maximum absolute atomic E-state index is 9.45. The molecule has 0 atom stereocenters. The molecule has 172 valence electrons. The SMILES string of the molecule is [B]C(C)(C)OCCC(C)(C)OC(COC(C)C)(COC(C)C)OC(C)(C)CCO. The number of rotatable bonds is 16. The molecule has 0 aromatic carbocycles. The van der Waals surface area contributed by atoms with E-state index in [0.29, 0.717) is 19.4 Å². The van der Waals surface area contributed by atoms with Crippen molar-refractivity contribution in [3.8, 4) is 0 Å². The molecule has 0 saturated carbocycles. The van der Waals surface area contributed by atoms with E-state index >= 15 is 0 Å². The van der Waals surface area contributed by atoms with Gasteiger partial charge in [-0.1, -0.05) is 0 Å². The fraction of sp³-hybridized carbons (Fsp3) is 1.00. The first-order chi connectivity index (χ1) is 13.0. The second-order valence-corrected chi connectivity index (χ2v) is 10.0. The molecule has 0 heterocycles. The van der Waals surface area contributed by atoms with Gasteiger partial charge in [-0.2, -0.15) is 0 Å². The second kappa shape index (κ2) is 12.0. The van der Waals surface area contributed by atoms with Crippen molar-refractivity contribution in [1.82, 2.24) is 0 Å². The Morgan fingerprint density at radius 2 is 1.17 bits per heavy atom. The topological polar surface area (TPSA) is 66.4 Å². The van der Waals surface area contributed by atoms with Crippen LogP contribution in [0.3, 0.4) is 0 Å². The van der Waals surface area contributed by atoms with Crippen molar-refractivity contribution in [3.63, 3.8) is 0 Å². The molecule has 0 aliphatic rings. The Balaban J connectivity index is 5.60. The molecule has 0 bridgehead atoms. The predicted octanol–water partition coefficient (Wildman–Crippen LogP) is 3.82. The fourth-order valence-electron chi connectivity index (χ4n) is 2.71. The Labute approximate surface area is 180 Å². The molecular weight excluding hydrogens is 371 g/mol. The van der Waals surface area contributed by atoms with Gasteiger partial charge in [-0.25, -0.2) is 0 Å². The zero-order valence-corrected chi connectivity index (χ0v) is 20.5. The van der Waals surface area contributed by atoms with Crippen molar-refractivity contribution in [3.05, 3.63) is 0 Å². The largest absolute Gasteiger partial charge is 0.396 e. The second-order valence-electron chi connectivity index (χ2n) is 10.0. The maximum Gasteiger partial charge on any atom is 0.217 e. The Bertz CT molecular complexity index is 431. The Kier molecular flexibility index (Phi) is 11.9. The first-order valence-electron chi connectivity index (χ1n) is 10.7. The Morgan fingerprint density at radius 1 is 0.759 bits per heavy atom. The molecule has 2 radical (unpaired) electrons. The minimum atomic E-state index is -1.13. The smallest absolute Gasteiger partial charge is 0.217 e. The summed E-state index contributed by atoms with van der Waals surface area (Å²) in [6, 6.07) is 0. The number of ether oxygens (including phenoxy) is 5. The molecule has 7 heteroatoms. The number of hydrogen-bond acceptors (Lipinski definition) is 6. The lowest BCUT2D eigenvalue weighted by Gasteiger charge is -2.45. The van der Waals surface area contributed by atoms with Crippen molar-refractivity contribution in [2.45, 2.75) is 117 Å². The average Bonchev–Trinajstić information content (AvgIpc) is 2.48. The van der Waals surface area contributed by atoms with Gasteiger partial charge in [-0.05, 0) is 82.1 Å². The van der Waals surface area contributed by atoms with Crippen LogP contribution in [-0.4, -0.2) is 74.1 Å². The number of aliphatic hydroxyl groups excluding tert-OH is 1. The van der Waals surface area contributed by atoms with Crippen LogP contribution in [0.15, 0.2) is 0 Å². The van der Waals surface area contributed by atoms with E-state index in [1.807, 2.05) is 69.2 Å². The summed E-state index contributed by atoms with van der Waals surface area (Å²) in [5.41, 5.74) is -1.91. The molecule has 0 saturated heterocycles. The third-order valence-corrected chi connectivity index (χ3v) is 4.09. The van der Waals surface area contributed by atoms with Gasteiger partial charge in [0, 0.05) is 18.7 Å². The van der Waals surface area contributed by atoms with Crippen LogP contribution in [0.2, 0.25) is 0 Å². The van der Waals surface area contributed by atoms with Gasteiger partial charge in [0.25, 0.3) is 0 Å². The minimum Gasteiger partial charge on any atom is -0.396 e. The molecule has 0 aliphatic carbocycles. The van der Waals surface area contributed by atoms with E-state index in [4.69, 9.17) is 31.5 Å². The van der Waals surface area contributed by atoms with Crippen LogP contribution in [-0.2, 0) is 23.7 Å². The van der Waals surface area contributed by atoms with Crippen LogP contribution in [0.5, 0.6) is 0 Å². The summed E-state index contributed by atoms with van der Waals surface area (Å²) in [4.78, 5) is 0. The van der Waals surface area contributed by atoms with Crippen LogP contribution in [0.1, 0.15) is 82.1 Å². The van der Waals surface area contributed by atoms with Crippen molar-refractivity contribution in [2.75, 3.05) is 26.4 Å². The van der Waals surface area contributed by atoms with Gasteiger partial charge >= 0.3 is 0 Å². The minimum absolute atomic E-state index is 0.00561. The maximum atomic E-state index is 9.45. The van der Waals surface area contributed by atoms with Crippen LogP contribution >= 0.6 is 0 Å². The van der Waals surface area contributed by atoms with Crippen LogP contribution in [0, 0.1) is 0 Å². The van der Waals surface area contributed by atoms with Gasteiger partial charge in [-0.3, -0.25) is 0 Å². The lowest BCUT2D eigenvalue weighted by atomic mass is 9.86. The number of aliphatic hydroxyl groups is 1. The van der Waals surface area contributed by atoms with E-state index in [1.54, 1.807) is 0 Å². The highest BCUT2D eigenvalue weighted by Gasteiger charge is 2.43. The van der Waals surface area contributed by atoms with Gasteiger partial charge < -0.3 is 28.8 Å². The normalized spacial score (nSPS) is 14.2. The van der Waals surface area contributed by atoms with Crippen molar-refractivity contribution in [2.24, 2.45) is 0 Å². The quantitative estimate of drug-likeness (QED) is 0.305. The standard InChI is InChI=1S/C22H45BO6/c1-17(2)25-15-22(16-26-18(3)4,28-19(5,6)11-13-24)29-20(7,8)12-14-27-21(9,10)23/h17-18,24H,11-16H2,1-10H3. The van der Waals surface area contributed by atoms with Gasteiger partial charge in [-0.15, -0.1) is 0 Å². The predicted molar refractivity (Wildman–Crippen MR) is 117 cm³/mol. The van der Waals surface area contributed by atoms with Gasteiger partial charge in [0.05, 0.1) is 23.4 Å². The van der Waals surface area contributed by atoms with E-state index in [0.717, 1.165) is 0 Å². The van der Waals surface area contributed by atoms with Gasteiger partial charge in [0.2, 0.25) is 5.79 Å². The lowest BCUT2D eigenvalue weighted by molar-refractivity contribution is -0.353. The van der Waals surface area contributed by atoms with E-state index < -0.39 is 22.5 Å². The molecule has 0 unspecified atom stereocenters. The molecule has 0 aliphatic heterocycles. The average molecular weight is 416 g/mol. The van der Waals surface area contributed by atoms with Crippen LogP contribution in [0.25, 0.3) is 0 Å². The Morgan fingerprint density at radius 3 is 1.52 bits per heavy atom. The zero-order valence-electron chi connectivity index (χ0n) is 20.5. The first kappa shape index (κ1) is 28.8. The van der Waals surface area contributed by atoms with Crippen LogP contribution in [0.4, 0.5) is 0 Å². The highest BCUT2D eigenvalue weighted by atomic mass is 16.7. The summed E-state index contributed by atoms with van der Waals surface area (Å²) in [5.74, 6) is -1.13. The summed E-state index contributed by atoms with van der Waals surface area (Å²) in [5, 5.41) is 9.45. The fourth-order valence-corrected chi connectivity index (χ4v) is 2.71. The van der Waals surface area contributed by atoms with E-state index in [-0.39, 0.29) is 32.0 Å². The Hall–Kier alpha value is -0.175. The van der Waals surface area contributed by atoms with Crippen molar-refractivity contribution >= 4 is 7.85 Å². The highest BCUT2D eigenvalue weighted by Crippen LogP contribution is 2.32. The monoisotopic (exact) mass is 416 g/mol. The highest BCUT2D eigenvalue weighted by molar-refractivity contribution is 6.13. The molecule has 0 fully saturated rings. The summed E-state index contributed by atoms with van der Waals surface area (Å²) in [6.07, 6.45) is 1.09. The molecule has 0 rings (SSSR count). The summed E-state index contributed by atoms with van der Waals surface area (Å²) in [7, 11) is 5.92. The molecule has 0 aromatic rings. The molecule has 0 aromatic heterocycles. The summed E-state index contributed by atoms with van der Waals surface area (Å²) >= 11 is 0. The third kappa shape index (κ3) is 14.5. The third-order valence-electron chi connectivity index (χ3n) is 4.09. The molecule has 6 nitrogen and oxygen atoms in total. The molecular formula is C22H45BO6. The zero-order chi connectivity index (χ0) is 22.9. The van der Waals surface area contributed by atoms with E-state index in [9.17, 15) is 5.11 Å². The van der Waals surface area contributed by atoms with Crippen molar-refractivity contribution < 1.29 is 28.8 Å². The van der Waals surface area contributed by atoms with Gasteiger partial charge in [0.1, 0.15) is 21.1 Å². The number of hydrogen-bond donors (Lipinski definition) is 1. The first-order valence-corrected chi connectivity index (χ1v) is 10.7. The van der Waals surface area contributed by atoms with E-state index in [1.165, 1.54) is 0 Å². The van der Waals surface area contributed by atoms with Crippen molar-refractivity contribution in [1.29, 1.82) is 0 Å². The molecule has 29 heavy (non-hydrogen) atoms. The lowest BCUT2D eigenvalue weighted by Crippen LogP contribution is -2.55. The molecule has 1 N–H and O–H groups in total. The molecule has 0 amide bonds. The van der Waals surface area contributed by atoms with E-state index in [2.05, 4.69) is 0 Å². The summed E-state index contributed by atoms with van der Waals surface area (Å²) in [6.45, 7) is 20.2. The van der Waals surface area contributed by atoms with Gasteiger partial charge in [0.15, 0.2) is 0 Å².